The summed E-state index contributed by atoms with van der Waals surface area (Å²) < 4.78 is 5.67. The average Bonchev–Trinajstić information content (AvgIpc) is 2.63. The van der Waals surface area contributed by atoms with Gasteiger partial charge in [-0.3, -0.25) is 4.79 Å². The summed E-state index contributed by atoms with van der Waals surface area (Å²) in [6.07, 6.45) is 6.85. The van der Waals surface area contributed by atoms with Gasteiger partial charge in [-0.2, -0.15) is 0 Å². The van der Waals surface area contributed by atoms with Crippen molar-refractivity contribution in [3.8, 4) is 17.2 Å². The first-order valence-electron chi connectivity index (χ1n) is 8.77. The quantitative estimate of drug-likeness (QED) is 0.466. The highest BCUT2D eigenvalue weighted by molar-refractivity contribution is 5.99. The predicted molar refractivity (Wildman–Crippen MR) is 102 cm³/mol. The Morgan fingerprint density at radius 3 is 2.65 bits per heavy atom. The monoisotopic (exact) mass is 355 g/mol. The van der Waals surface area contributed by atoms with E-state index < -0.39 is 5.91 Å². The van der Waals surface area contributed by atoms with Crippen molar-refractivity contribution in [2.24, 2.45) is 0 Å². The molecule has 0 spiro atoms. The fraction of sp³-hybridized carbons (Fsp3) is 0.286. The van der Waals surface area contributed by atoms with Gasteiger partial charge in [-0.05, 0) is 24.8 Å². The Bertz CT molecular complexity index is 741. The highest BCUT2D eigenvalue weighted by Gasteiger charge is 2.19. The standard InChI is InChI=1S/C21H25NO4/c1-2-3-4-5-9-12-22-21(25)20-18(24)13-17(23)14-19(20)26-15-16-10-7-6-8-11-16/h3-4,6-8,10-11,13-14,23-24H,2,5,9,12,15H2,1H3,(H,22,25)/b4-3-. The molecule has 0 radical (unpaired) electrons. The van der Waals surface area contributed by atoms with Crippen LogP contribution in [0.25, 0.3) is 0 Å². The topological polar surface area (TPSA) is 78.8 Å². The summed E-state index contributed by atoms with van der Waals surface area (Å²) in [5, 5.41) is 22.6. The number of rotatable bonds is 9. The van der Waals surface area contributed by atoms with Crippen LogP contribution < -0.4 is 10.1 Å². The molecule has 2 rings (SSSR count). The van der Waals surface area contributed by atoms with Crippen molar-refractivity contribution >= 4 is 5.91 Å². The number of hydrogen-bond donors (Lipinski definition) is 3. The zero-order valence-corrected chi connectivity index (χ0v) is 14.9. The summed E-state index contributed by atoms with van der Waals surface area (Å²) in [6, 6.07) is 11.9. The van der Waals surface area contributed by atoms with Crippen molar-refractivity contribution in [1.82, 2.24) is 5.32 Å². The summed E-state index contributed by atoms with van der Waals surface area (Å²) in [5.74, 6) is -0.747. The van der Waals surface area contributed by atoms with Gasteiger partial charge in [0.05, 0.1) is 0 Å². The lowest BCUT2D eigenvalue weighted by Gasteiger charge is -2.14. The zero-order valence-electron chi connectivity index (χ0n) is 14.9. The van der Waals surface area contributed by atoms with Crippen molar-refractivity contribution in [1.29, 1.82) is 0 Å². The number of benzene rings is 2. The van der Waals surface area contributed by atoms with Gasteiger partial charge in [-0.25, -0.2) is 0 Å². The lowest BCUT2D eigenvalue weighted by Crippen LogP contribution is -2.25. The van der Waals surface area contributed by atoms with E-state index in [1.807, 2.05) is 30.3 Å². The summed E-state index contributed by atoms with van der Waals surface area (Å²) in [4.78, 5) is 12.4. The molecular formula is C21H25NO4. The van der Waals surface area contributed by atoms with Gasteiger partial charge in [0, 0.05) is 18.7 Å². The molecule has 0 bridgehead atoms. The smallest absolute Gasteiger partial charge is 0.258 e. The largest absolute Gasteiger partial charge is 0.508 e. The van der Waals surface area contributed by atoms with Crippen LogP contribution in [0.2, 0.25) is 0 Å². The molecule has 26 heavy (non-hydrogen) atoms. The molecule has 0 saturated heterocycles. The van der Waals surface area contributed by atoms with Crippen molar-refractivity contribution < 1.29 is 19.7 Å². The lowest BCUT2D eigenvalue weighted by atomic mass is 10.1. The molecule has 0 fully saturated rings. The van der Waals surface area contributed by atoms with E-state index in [2.05, 4.69) is 24.4 Å². The summed E-state index contributed by atoms with van der Waals surface area (Å²) in [7, 11) is 0. The number of amides is 1. The Morgan fingerprint density at radius 1 is 1.15 bits per heavy atom. The maximum absolute atomic E-state index is 12.4. The highest BCUT2D eigenvalue weighted by Crippen LogP contribution is 2.33. The predicted octanol–water partition coefficient (Wildman–Crippen LogP) is 4.15. The Balaban J connectivity index is 2.03. The van der Waals surface area contributed by atoms with Gasteiger partial charge in [0.15, 0.2) is 0 Å². The summed E-state index contributed by atoms with van der Waals surface area (Å²) in [5.41, 5.74) is 0.951. The second-order valence-corrected chi connectivity index (χ2v) is 5.89. The maximum Gasteiger partial charge on any atom is 0.258 e. The van der Waals surface area contributed by atoms with Crippen LogP contribution in [0.15, 0.2) is 54.6 Å². The normalized spacial score (nSPS) is 10.8. The third-order valence-corrected chi connectivity index (χ3v) is 3.77. The molecule has 0 unspecified atom stereocenters. The maximum atomic E-state index is 12.4. The van der Waals surface area contributed by atoms with Crippen LogP contribution in [-0.2, 0) is 6.61 Å². The second-order valence-electron chi connectivity index (χ2n) is 5.89. The number of hydrogen-bond acceptors (Lipinski definition) is 4. The van der Waals surface area contributed by atoms with E-state index in [0.29, 0.717) is 6.54 Å². The first kappa shape index (κ1) is 19.4. The van der Waals surface area contributed by atoms with Gasteiger partial charge >= 0.3 is 0 Å². The number of nitrogens with one attached hydrogen (secondary N) is 1. The molecule has 0 heterocycles. The van der Waals surface area contributed by atoms with Crippen LogP contribution in [-0.4, -0.2) is 22.7 Å². The van der Waals surface area contributed by atoms with Crippen molar-refractivity contribution in [2.75, 3.05) is 6.54 Å². The molecule has 0 aliphatic rings. The first-order chi connectivity index (χ1) is 12.6. The fourth-order valence-corrected chi connectivity index (χ4v) is 2.46. The van der Waals surface area contributed by atoms with Gasteiger partial charge in [0.1, 0.15) is 29.4 Å². The minimum Gasteiger partial charge on any atom is -0.508 e. The van der Waals surface area contributed by atoms with Gasteiger partial charge in [-0.1, -0.05) is 49.4 Å². The average molecular weight is 355 g/mol. The van der Waals surface area contributed by atoms with Gasteiger partial charge in [0.2, 0.25) is 0 Å². The minimum atomic E-state index is -0.426. The van der Waals surface area contributed by atoms with E-state index in [-0.39, 0.29) is 29.4 Å². The molecule has 138 valence electrons. The molecule has 0 atom stereocenters. The van der Waals surface area contributed by atoms with Crippen LogP contribution in [0.1, 0.15) is 42.1 Å². The Labute approximate surface area is 153 Å². The van der Waals surface area contributed by atoms with Gasteiger partial charge in [-0.15, -0.1) is 0 Å². The number of carbonyl (C=O) groups excluding carboxylic acids is 1. The molecule has 0 aliphatic heterocycles. The summed E-state index contributed by atoms with van der Waals surface area (Å²) >= 11 is 0. The Kier molecular flexibility index (Phi) is 7.55. The first-order valence-corrected chi connectivity index (χ1v) is 8.77. The molecule has 1 amide bonds. The lowest BCUT2D eigenvalue weighted by molar-refractivity contribution is 0.0946. The number of allylic oxidation sites excluding steroid dienone is 2. The molecule has 5 nitrogen and oxygen atoms in total. The Morgan fingerprint density at radius 2 is 1.92 bits per heavy atom. The van der Waals surface area contributed by atoms with Crippen molar-refractivity contribution in [3.63, 3.8) is 0 Å². The van der Waals surface area contributed by atoms with Crippen LogP contribution in [0.3, 0.4) is 0 Å². The number of unbranched alkanes of at least 4 members (excludes halogenated alkanes) is 1. The molecule has 0 aromatic heterocycles. The van der Waals surface area contributed by atoms with E-state index in [1.165, 1.54) is 6.07 Å². The highest BCUT2D eigenvalue weighted by atomic mass is 16.5. The number of phenolic OH excluding ortho intramolecular Hbond substituents is 2. The van der Waals surface area contributed by atoms with E-state index in [9.17, 15) is 15.0 Å². The van der Waals surface area contributed by atoms with Gasteiger partial charge < -0.3 is 20.3 Å². The van der Waals surface area contributed by atoms with Crippen molar-refractivity contribution in [2.45, 2.75) is 32.8 Å². The van der Waals surface area contributed by atoms with Crippen LogP contribution >= 0.6 is 0 Å². The number of carbonyl (C=O) groups is 1. The third-order valence-electron chi connectivity index (χ3n) is 3.77. The van der Waals surface area contributed by atoms with Crippen LogP contribution in [0.5, 0.6) is 17.2 Å². The van der Waals surface area contributed by atoms with E-state index >= 15 is 0 Å². The van der Waals surface area contributed by atoms with E-state index in [0.717, 1.165) is 30.9 Å². The number of ether oxygens (including phenoxy) is 1. The van der Waals surface area contributed by atoms with Crippen molar-refractivity contribution in [3.05, 3.63) is 65.7 Å². The molecular weight excluding hydrogens is 330 g/mol. The molecule has 2 aromatic carbocycles. The third kappa shape index (κ3) is 5.84. The van der Waals surface area contributed by atoms with Gasteiger partial charge in [0.25, 0.3) is 5.91 Å². The van der Waals surface area contributed by atoms with E-state index in [4.69, 9.17) is 4.74 Å². The zero-order chi connectivity index (χ0) is 18.8. The summed E-state index contributed by atoms with van der Waals surface area (Å²) in [6.45, 7) is 2.79. The van der Waals surface area contributed by atoms with Crippen LogP contribution in [0.4, 0.5) is 0 Å². The minimum absolute atomic E-state index is 0.0304. The number of phenols is 2. The molecule has 0 saturated carbocycles. The molecule has 5 heteroatoms. The SMILES string of the molecule is CC/C=C\CCCNC(=O)c1c(O)cc(O)cc1OCc1ccccc1. The fourth-order valence-electron chi connectivity index (χ4n) is 2.46. The molecule has 2 aromatic rings. The molecule has 3 N–H and O–H groups in total. The molecule has 0 aliphatic carbocycles. The van der Waals surface area contributed by atoms with Crippen LogP contribution in [0, 0.1) is 0 Å². The van der Waals surface area contributed by atoms with E-state index in [1.54, 1.807) is 0 Å². The number of aromatic hydroxyl groups is 2. The Hall–Kier alpha value is -2.95. The second kappa shape index (κ2) is 10.1.